The third-order valence-electron chi connectivity index (χ3n) is 4.15. The Hall–Kier alpha value is -1.11. The zero-order valence-electron chi connectivity index (χ0n) is 12.6. The van der Waals surface area contributed by atoms with Gasteiger partial charge in [0.25, 0.3) is 0 Å². The van der Waals surface area contributed by atoms with E-state index in [1.165, 1.54) is 9.87 Å². The molecule has 6 heteroatoms. The number of nitrogens with one attached hydrogen (secondary N) is 2. The topological polar surface area (TPSA) is 61.4 Å². The zero-order chi connectivity index (χ0) is 15.0. The molecule has 0 bridgehead atoms. The molecule has 2 N–H and O–H groups in total. The van der Waals surface area contributed by atoms with Crippen molar-refractivity contribution in [2.45, 2.75) is 45.2 Å². The minimum Gasteiger partial charge on any atom is -0.310 e. The van der Waals surface area contributed by atoms with Gasteiger partial charge in [0.05, 0.1) is 5.69 Å². The van der Waals surface area contributed by atoms with Crippen molar-refractivity contribution in [3.8, 4) is 0 Å². The van der Waals surface area contributed by atoms with E-state index in [-0.39, 0.29) is 12.1 Å². The SMILES string of the molecule is CCNC(C)c1ccc2c(c1)CCN2S(=O)(=O)NC1CC1. The average molecular weight is 309 g/mol. The molecule has 1 aliphatic carbocycles. The van der Waals surface area contributed by atoms with E-state index < -0.39 is 10.2 Å². The number of nitrogens with zero attached hydrogens (tertiary/aromatic N) is 1. The van der Waals surface area contributed by atoms with Gasteiger partial charge in [0.1, 0.15) is 0 Å². The van der Waals surface area contributed by atoms with Crippen LogP contribution in [-0.2, 0) is 16.6 Å². The fourth-order valence-electron chi connectivity index (χ4n) is 2.81. The lowest BCUT2D eigenvalue weighted by molar-refractivity contribution is 0.577. The van der Waals surface area contributed by atoms with Crippen LogP contribution < -0.4 is 14.3 Å². The number of rotatable bonds is 6. The molecule has 1 fully saturated rings. The first-order chi connectivity index (χ1) is 10.0. The Labute approximate surface area is 126 Å². The first-order valence-corrected chi connectivity index (χ1v) is 9.11. The molecule has 116 valence electrons. The van der Waals surface area contributed by atoms with Gasteiger partial charge in [-0.25, -0.2) is 0 Å². The molecule has 1 unspecified atom stereocenters. The van der Waals surface area contributed by atoms with E-state index in [0.717, 1.165) is 37.1 Å². The van der Waals surface area contributed by atoms with Crippen LogP contribution in [0.4, 0.5) is 5.69 Å². The van der Waals surface area contributed by atoms with Gasteiger partial charge >= 0.3 is 10.2 Å². The maximum atomic E-state index is 12.4. The van der Waals surface area contributed by atoms with Crippen molar-refractivity contribution < 1.29 is 8.42 Å². The maximum Gasteiger partial charge on any atom is 0.301 e. The van der Waals surface area contributed by atoms with Gasteiger partial charge in [0.15, 0.2) is 0 Å². The average Bonchev–Trinajstić information content (AvgIpc) is 3.13. The third-order valence-corrected chi connectivity index (χ3v) is 5.74. The smallest absolute Gasteiger partial charge is 0.301 e. The normalized spacial score (nSPS) is 19.6. The fourth-order valence-corrected chi connectivity index (χ4v) is 4.36. The third kappa shape index (κ3) is 3.07. The Balaban J connectivity index is 1.82. The number of hydrogen-bond donors (Lipinski definition) is 2. The number of hydrogen-bond acceptors (Lipinski definition) is 3. The quantitative estimate of drug-likeness (QED) is 0.841. The summed E-state index contributed by atoms with van der Waals surface area (Å²) in [6, 6.07) is 6.53. The first-order valence-electron chi connectivity index (χ1n) is 7.67. The van der Waals surface area contributed by atoms with Gasteiger partial charge in [-0.15, -0.1) is 0 Å². The largest absolute Gasteiger partial charge is 0.310 e. The summed E-state index contributed by atoms with van der Waals surface area (Å²) in [5, 5.41) is 3.38. The second-order valence-corrected chi connectivity index (χ2v) is 7.51. The van der Waals surface area contributed by atoms with Crippen LogP contribution in [0, 0.1) is 0 Å². The van der Waals surface area contributed by atoms with Crippen LogP contribution in [0.1, 0.15) is 43.9 Å². The molecule has 3 rings (SSSR count). The van der Waals surface area contributed by atoms with Gasteiger partial charge in [-0.3, -0.25) is 4.31 Å². The highest BCUT2D eigenvalue weighted by Crippen LogP contribution is 2.33. The lowest BCUT2D eigenvalue weighted by Gasteiger charge is -2.20. The summed E-state index contributed by atoms with van der Waals surface area (Å²) in [6.45, 7) is 5.67. The van der Waals surface area contributed by atoms with Gasteiger partial charge in [0, 0.05) is 18.6 Å². The summed E-state index contributed by atoms with van der Waals surface area (Å²) in [7, 11) is -3.39. The van der Waals surface area contributed by atoms with E-state index >= 15 is 0 Å². The van der Waals surface area contributed by atoms with Crippen LogP contribution in [0.2, 0.25) is 0 Å². The summed E-state index contributed by atoms with van der Waals surface area (Å²) in [6.07, 6.45) is 2.70. The minimum absolute atomic E-state index is 0.145. The van der Waals surface area contributed by atoms with Crippen LogP contribution >= 0.6 is 0 Å². The first kappa shape index (κ1) is 14.8. The molecule has 5 nitrogen and oxygen atoms in total. The Bertz CT molecular complexity index is 626. The van der Waals surface area contributed by atoms with Crippen LogP contribution in [0.25, 0.3) is 0 Å². The number of benzene rings is 1. The fraction of sp³-hybridized carbons (Fsp3) is 0.600. The molecule has 0 amide bonds. The molecule has 21 heavy (non-hydrogen) atoms. The molecule has 1 saturated carbocycles. The van der Waals surface area contributed by atoms with Crippen molar-refractivity contribution in [3.63, 3.8) is 0 Å². The minimum atomic E-state index is -3.39. The monoisotopic (exact) mass is 309 g/mol. The predicted molar refractivity (Wildman–Crippen MR) is 84.7 cm³/mol. The van der Waals surface area contributed by atoms with Crippen LogP contribution in [0.3, 0.4) is 0 Å². The Morgan fingerprint density at radius 1 is 1.38 bits per heavy atom. The van der Waals surface area contributed by atoms with Gasteiger partial charge in [-0.05, 0) is 49.9 Å². The van der Waals surface area contributed by atoms with Crippen molar-refractivity contribution in [1.29, 1.82) is 0 Å². The van der Waals surface area contributed by atoms with E-state index in [1.54, 1.807) is 0 Å². The van der Waals surface area contributed by atoms with Crippen LogP contribution in [-0.4, -0.2) is 27.5 Å². The summed E-state index contributed by atoms with van der Waals surface area (Å²) >= 11 is 0. The molecule has 0 saturated heterocycles. The number of anilines is 1. The van der Waals surface area contributed by atoms with Gasteiger partial charge in [-0.1, -0.05) is 19.1 Å². The Morgan fingerprint density at radius 2 is 2.14 bits per heavy atom. The van der Waals surface area contributed by atoms with Gasteiger partial charge in [0.2, 0.25) is 0 Å². The second-order valence-electron chi connectivity index (χ2n) is 5.89. The lowest BCUT2D eigenvalue weighted by atomic mass is 10.0. The molecule has 0 aromatic heterocycles. The highest BCUT2D eigenvalue weighted by Gasteiger charge is 2.34. The summed E-state index contributed by atoms with van der Waals surface area (Å²) < 4.78 is 29.0. The zero-order valence-corrected chi connectivity index (χ0v) is 13.4. The summed E-state index contributed by atoms with van der Waals surface area (Å²) in [5.41, 5.74) is 3.17. The van der Waals surface area contributed by atoms with Crippen LogP contribution in [0.5, 0.6) is 0 Å². The number of fused-ring (bicyclic) bond motifs is 1. The van der Waals surface area contributed by atoms with E-state index in [2.05, 4.69) is 30.0 Å². The molecular weight excluding hydrogens is 286 g/mol. The molecule has 2 aliphatic rings. The van der Waals surface area contributed by atoms with E-state index in [4.69, 9.17) is 0 Å². The summed E-state index contributed by atoms with van der Waals surface area (Å²) in [4.78, 5) is 0. The molecule has 1 aliphatic heterocycles. The lowest BCUT2D eigenvalue weighted by Crippen LogP contribution is -2.40. The van der Waals surface area contributed by atoms with E-state index in [0.29, 0.717) is 6.54 Å². The van der Waals surface area contributed by atoms with Crippen molar-refractivity contribution >= 4 is 15.9 Å². The Kier molecular flexibility index (Phi) is 3.94. The highest BCUT2D eigenvalue weighted by molar-refractivity contribution is 7.90. The molecule has 1 aromatic carbocycles. The predicted octanol–water partition coefficient (Wildman–Crippen LogP) is 1.72. The van der Waals surface area contributed by atoms with Crippen molar-refractivity contribution in [3.05, 3.63) is 29.3 Å². The van der Waals surface area contributed by atoms with E-state index in [1.807, 2.05) is 12.1 Å². The highest BCUT2D eigenvalue weighted by atomic mass is 32.2. The second kappa shape index (κ2) is 5.59. The molecule has 1 atom stereocenters. The standard InChI is InChI=1S/C15H23N3O2S/c1-3-16-11(2)12-4-7-15-13(10-12)8-9-18(15)21(19,20)17-14-5-6-14/h4,7,10-11,14,16-17H,3,5-6,8-9H2,1-2H3. The van der Waals surface area contributed by atoms with E-state index in [9.17, 15) is 8.42 Å². The Morgan fingerprint density at radius 3 is 2.81 bits per heavy atom. The van der Waals surface area contributed by atoms with Gasteiger partial charge < -0.3 is 5.32 Å². The molecule has 1 aromatic rings. The van der Waals surface area contributed by atoms with Crippen molar-refractivity contribution in [2.75, 3.05) is 17.4 Å². The molecule has 1 heterocycles. The van der Waals surface area contributed by atoms with Gasteiger partial charge in [-0.2, -0.15) is 13.1 Å². The maximum absolute atomic E-state index is 12.4. The molecular formula is C15H23N3O2S. The summed E-state index contributed by atoms with van der Waals surface area (Å²) in [5.74, 6) is 0. The van der Waals surface area contributed by atoms with Crippen molar-refractivity contribution in [2.24, 2.45) is 0 Å². The molecule has 0 radical (unpaired) electrons. The molecule has 0 spiro atoms. The van der Waals surface area contributed by atoms with Crippen molar-refractivity contribution in [1.82, 2.24) is 10.0 Å². The van der Waals surface area contributed by atoms with Crippen LogP contribution in [0.15, 0.2) is 18.2 Å².